The first-order chi connectivity index (χ1) is 49.5. The Bertz CT molecular complexity index is 3760. The fourth-order valence-corrected chi connectivity index (χ4v) is 15.2. The van der Waals surface area contributed by atoms with Crippen LogP contribution in [0.1, 0.15) is 99.6 Å². The third-order valence-corrected chi connectivity index (χ3v) is 20.9. The molecule has 7 N–H and O–H groups in total. The number of rotatable bonds is 21. The van der Waals surface area contributed by atoms with Crippen LogP contribution in [-0.2, 0) is 106 Å². The Morgan fingerprint density at radius 3 is 1.01 bits per heavy atom. The molecule has 26 nitrogen and oxygen atoms in total. The number of thiophene rings is 3. The fourth-order valence-electron chi connectivity index (χ4n) is 13.2. The Morgan fingerprint density at radius 1 is 0.417 bits per heavy atom. The van der Waals surface area contributed by atoms with Gasteiger partial charge >= 0.3 is 29.8 Å². The second-order valence-electron chi connectivity index (χ2n) is 26.2. The lowest BCUT2D eigenvalue weighted by Crippen LogP contribution is -2.54. The molecular weight excluding hydrogens is 1380 g/mol. The van der Waals surface area contributed by atoms with Crippen LogP contribution < -0.4 is 31.1 Å². The van der Waals surface area contributed by atoms with Crippen molar-refractivity contribution in [2.45, 2.75) is 142 Å². The summed E-state index contributed by atoms with van der Waals surface area (Å²) >= 11 is 5.12. The number of benzene rings is 3. The van der Waals surface area contributed by atoms with Gasteiger partial charge in [0.05, 0.1) is 0 Å². The zero-order chi connectivity index (χ0) is 73.7. The molecule has 29 heteroatoms. The number of hydrogen-bond donors (Lipinski definition) is 6. The van der Waals surface area contributed by atoms with Crippen LogP contribution in [0.25, 0.3) is 0 Å². The van der Waals surface area contributed by atoms with E-state index in [-0.39, 0.29) is 19.0 Å². The Kier molecular flexibility index (Phi) is 28.6. The van der Waals surface area contributed by atoms with Crippen LogP contribution in [0.3, 0.4) is 0 Å². The molecule has 0 radical (unpaired) electrons. The van der Waals surface area contributed by atoms with Crippen molar-refractivity contribution < 1.29 is 82.2 Å². The van der Waals surface area contributed by atoms with Crippen LogP contribution in [0.2, 0.25) is 0 Å². The second-order valence-corrected chi connectivity index (χ2v) is 28.5. The van der Waals surface area contributed by atoms with E-state index >= 15 is 0 Å². The molecule has 9 heterocycles. The normalized spacial score (nSPS) is 17.4. The maximum atomic E-state index is 13.4. The Hall–Kier alpha value is -9.26. The number of piperidine rings is 3. The van der Waals surface area contributed by atoms with Gasteiger partial charge in [0.1, 0.15) is 0 Å². The number of carbonyl (C=O) groups is 10. The molecule has 6 atom stereocenters. The molecule has 0 unspecified atom stereocenters. The summed E-state index contributed by atoms with van der Waals surface area (Å²) in [7, 11) is 0. The monoisotopic (exact) mass is 1470 g/mol. The SMILES string of the molecule is CC(=O)O[C@@H](C(=O)NCC1CCN(c2ccsc2)CC1)[C@@H](OC(C)=O)C(=O)N1Cc2ccccc2C1.CC(=O)O[C@@H](C(=O)O)[C@@H](OC(C)=O)C(=O)N1Cc2ccccc2C1.NCC1CCN(c2ccsc2)CC1.O=C(NCC1CCN(c2ccsc2)CC1)[C@H](O)[C@@H](O)C(=O)N1Cc2ccccc2C1. The summed E-state index contributed by atoms with van der Waals surface area (Å²) in [5.41, 5.74) is 15.3. The van der Waals surface area contributed by atoms with Gasteiger partial charge in [0.2, 0.25) is 24.4 Å². The number of amides is 5. The lowest BCUT2D eigenvalue weighted by molar-refractivity contribution is -0.183. The second kappa shape index (κ2) is 37.8. The molecule has 6 aromatic rings. The number of aliphatic hydroxyl groups excluding tert-OH is 2. The minimum absolute atomic E-state index is 0.248. The molecule has 6 aliphatic heterocycles. The summed E-state index contributed by atoms with van der Waals surface area (Å²) in [6, 6.07) is 29.0. The number of carboxylic acid groups (broad SMARTS) is 1. The number of ether oxygens (including phenoxy) is 4. The molecule has 3 saturated heterocycles. The number of nitrogens with two attached hydrogens (primary N) is 1. The number of aliphatic carboxylic acids is 1. The average molecular weight is 1470 g/mol. The van der Waals surface area contributed by atoms with E-state index in [0.29, 0.717) is 45.2 Å². The number of carboxylic acids is 1. The van der Waals surface area contributed by atoms with E-state index < -0.39 is 96.0 Å². The fraction of sp³-hybridized carbons (Fsp3) is 0.459. The molecule has 552 valence electrons. The van der Waals surface area contributed by atoms with Crippen molar-refractivity contribution in [3.8, 4) is 0 Å². The van der Waals surface area contributed by atoms with Crippen LogP contribution in [-0.4, -0.2) is 185 Å². The predicted molar refractivity (Wildman–Crippen MR) is 387 cm³/mol. The molecule has 103 heavy (non-hydrogen) atoms. The van der Waals surface area contributed by atoms with Gasteiger partial charge in [-0.25, -0.2) is 4.79 Å². The minimum atomic E-state index is -1.90. The first-order valence-electron chi connectivity index (χ1n) is 34.4. The highest BCUT2D eigenvalue weighted by molar-refractivity contribution is 7.08. The van der Waals surface area contributed by atoms with Gasteiger partial charge < -0.3 is 80.0 Å². The molecule has 6 aliphatic rings. The van der Waals surface area contributed by atoms with E-state index in [1.807, 2.05) is 72.8 Å². The lowest BCUT2D eigenvalue weighted by atomic mass is 9.96. The zero-order valence-electron chi connectivity index (χ0n) is 58.2. The van der Waals surface area contributed by atoms with Crippen LogP contribution >= 0.6 is 34.0 Å². The number of fused-ring (bicyclic) bond motifs is 3. The van der Waals surface area contributed by atoms with E-state index in [2.05, 4.69) is 80.5 Å². The highest BCUT2D eigenvalue weighted by Crippen LogP contribution is 2.31. The van der Waals surface area contributed by atoms with E-state index in [9.17, 15) is 63.3 Å². The highest BCUT2D eigenvalue weighted by Gasteiger charge is 2.45. The summed E-state index contributed by atoms with van der Waals surface area (Å²) in [6.45, 7) is 13.9. The van der Waals surface area contributed by atoms with Gasteiger partial charge in [-0.2, -0.15) is 34.0 Å². The number of nitrogens with one attached hydrogen (secondary N) is 2. The third kappa shape index (κ3) is 21.9. The summed E-state index contributed by atoms with van der Waals surface area (Å²) in [5.74, 6) is -6.74. The number of aliphatic hydroxyl groups is 2. The third-order valence-electron chi connectivity index (χ3n) is 18.9. The standard InChI is InChI=1S/C26H31N3O6S.C22H27N3O4S.C16H17NO7.C10H16N2S/c1-17(30)34-23(25(32)27-13-19-7-10-28(11-8-19)22-9-12-36-16-22)24(35-18(2)31)26(33)29-14-20-5-3-4-6-21(20)15-29;26-19(20(27)22(29)25-12-16-3-1-2-4-17(16)13-25)21(28)23-11-15-5-8-24(9-6-15)18-7-10-30-14-18;1-9(18)23-13(14(16(21)22)24-10(2)19)15(20)17-7-11-5-3-4-6-12(11)8-17;11-7-9-1-4-12(5-2-9)10-3-6-13-8-10/h3-6,9,12,16,19,23-24H,7-8,10-11,13-15H2,1-2H3,(H,27,32);1-4,7,10,14-15,19-20,26-27H,5-6,8-9,11-13H2,(H,23,28);3-6,13-14H,7-8H2,1-2H3,(H,21,22);3,6,8-9H,1-2,4-5,7,11H2/t23-,24-;19-,20-;13-,14-;/m111./s1. The number of esters is 4. The maximum Gasteiger partial charge on any atom is 0.349 e. The Balaban J connectivity index is 0.000000167. The van der Waals surface area contributed by atoms with Crippen LogP contribution in [0.4, 0.5) is 17.1 Å². The lowest BCUT2D eigenvalue weighted by Gasteiger charge is -2.33. The quantitative estimate of drug-likeness (QED) is 0.0343. The first kappa shape index (κ1) is 77.9. The Morgan fingerprint density at radius 2 is 0.709 bits per heavy atom. The van der Waals surface area contributed by atoms with Crippen LogP contribution in [0.15, 0.2) is 123 Å². The van der Waals surface area contributed by atoms with E-state index in [1.165, 1.54) is 57.7 Å². The van der Waals surface area contributed by atoms with Gasteiger partial charge in [-0.15, -0.1) is 0 Å². The van der Waals surface area contributed by atoms with Crippen molar-refractivity contribution in [3.05, 3.63) is 157 Å². The van der Waals surface area contributed by atoms with Crippen LogP contribution in [0.5, 0.6) is 0 Å². The summed E-state index contributed by atoms with van der Waals surface area (Å²) < 4.78 is 20.1. The van der Waals surface area contributed by atoms with Gasteiger partial charge in [0.15, 0.2) is 12.2 Å². The minimum Gasteiger partial charge on any atom is -0.478 e. The van der Waals surface area contributed by atoms with E-state index in [0.717, 1.165) is 125 Å². The molecule has 3 aromatic heterocycles. The topological polar surface area (TPSA) is 338 Å². The molecular formula is C74H91N9O17S3. The smallest absolute Gasteiger partial charge is 0.349 e. The molecule has 5 amide bonds. The van der Waals surface area contributed by atoms with Gasteiger partial charge in [0.25, 0.3) is 29.5 Å². The summed E-state index contributed by atoms with van der Waals surface area (Å²) in [6.07, 6.45) is -4.13. The van der Waals surface area contributed by atoms with E-state index in [4.69, 9.17) is 19.9 Å². The van der Waals surface area contributed by atoms with Gasteiger partial charge in [-0.1, -0.05) is 72.8 Å². The molecule has 0 saturated carbocycles. The summed E-state index contributed by atoms with van der Waals surface area (Å²) in [5, 5.41) is 48.0. The first-order valence-corrected chi connectivity index (χ1v) is 37.3. The van der Waals surface area contributed by atoms with Gasteiger partial charge in [-0.05, 0) is 131 Å². The maximum absolute atomic E-state index is 13.4. The van der Waals surface area contributed by atoms with Crippen molar-refractivity contribution in [1.29, 1.82) is 0 Å². The van der Waals surface area contributed by atoms with E-state index in [1.54, 1.807) is 34.0 Å². The number of carbonyl (C=O) groups excluding carboxylic acids is 9. The molecule has 12 rings (SSSR count). The Labute approximate surface area is 610 Å². The predicted octanol–water partition coefficient (Wildman–Crippen LogP) is 6.23. The van der Waals surface area contributed by atoms with Crippen molar-refractivity contribution >= 4 is 110 Å². The number of nitrogens with zero attached hydrogens (tertiary/aromatic N) is 6. The van der Waals surface area contributed by atoms with Gasteiger partial charge in [-0.3, -0.25) is 43.2 Å². The molecule has 0 bridgehead atoms. The molecule has 0 spiro atoms. The summed E-state index contributed by atoms with van der Waals surface area (Å²) in [4.78, 5) is 133. The van der Waals surface area contributed by atoms with Crippen LogP contribution in [0, 0.1) is 17.8 Å². The van der Waals surface area contributed by atoms with Crippen molar-refractivity contribution in [1.82, 2.24) is 25.3 Å². The van der Waals surface area contributed by atoms with Crippen molar-refractivity contribution in [3.63, 3.8) is 0 Å². The van der Waals surface area contributed by atoms with Gasteiger partial charge in [0, 0.05) is 153 Å². The number of anilines is 3. The molecule has 3 aromatic carbocycles. The molecule has 0 aliphatic carbocycles. The zero-order valence-corrected chi connectivity index (χ0v) is 60.7. The van der Waals surface area contributed by atoms with Crippen molar-refractivity contribution in [2.24, 2.45) is 23.5 Å². The van der Waals surface area contributed by atoms with Crippen molar-refractivity contribution in [2.75, 3.05) is 73.6 Å². The average Bonchev–Trinajstić information content (AvgIpc) is 1.72. The number of hydrogen-bond acceptors (Lipinski definition) is 23. The largest absolute Gasteiger partial charge is 0.478 e. The highest BCUT2D eigenvalue weighted by atomic mass is 32.1. The molecule has 3 fully saturated rings.